The monoisotopic (exact) mass is 631 g/mol. The Labute approximate surface area is 264 Å². The molecule has 6 heterocycles. The number of aryl methyl sites for hydroxylation is 3. The second-order valence-corrected chi connectivity index (χ2v) is 13.0. The molecule has 10 nitrogen and oxygen atoms in total. The van der Waals surface area contributed by atoms with Gasteiger partial charge in [-0.25, -0.2) is 23.1 Å². The Morgan fingerprint density at radius 2 is 1.83 bits per heavy atom. The van der Waals surface area contributed by atoms with Crippen LogP contribution in [0, 0.1) is 30.0 Å². The molecular weight excluding hydrogens is 595 g/mol. The SMILES string of the molecule is Cc1nc2c3cc(C4(C#N)CC4)c(=O)n(c3n1)CCCCn1cc(nn1)CN1CCC(CC1)C(F)(F)c1cccc(c1F)[C@@H](C)N2. The third-order valence-corrected chi connectivity index (χ3v) is 9.84. The van der Waals surface area contributed by atoms with Gasteiger partial charge in [-0.05, 0) is 71.5 Å². The van der Waals surface area contributed by atoms with Crippen LogP contribution >= 0.6 is 0 Å². The number of fused-ring (bicyclic) bond motifs is 6. The van der Waals surface area contributed by atoms with Crippen LogP contribution in [0.25, 0.3) is 11.0 Å². The summed E-state index contributed by atoms with van der Waals surface area (Å²) in [5.41, 5.74) is -0.0934. The lowest BCUT2D eigenvalue weighted by Gasteiger charge is -2.36. The Balaban J connectivity index is 1.34. The summed E-state index contributed by atoms with van der Waals surface area (Å²) in [5, 5.41) is 22.3. The highest BCUT2D eigenvalue weighted by Gasteiger charge is 2.48. The van der Waals surface area contributed by atoms with Crippen molar-refractivity contribution in [2.75, 3.05) is 18.4 Å². The fraction of sp³-hybridized carbons (Fsp3) is 0.515. The van der Waals surface area contributed by atoms with Crippen LogP contribution in [0.3, 0.4) is 0 Å². The smallest absolute Gasteiger partial charge is 0.278 e. The van der Waals surface area contributed by atoms with Crippen LogP contribution in [0.1, 0.15) is 79.7 Å². The Morgan fingerprint density at radius 3 is 2.57 bits per heavy atom. The van der Waals surface area contributed by atoms with Gasteiger partial charge in [0.2, 0.25) is 0 Å². The van der Waals surface area contributed by atoms with Crippen LogP contribution < -0.4 is 10.9 Å². The zero-order valence-electron chi connectivity index (χ0n) is 25.9. The molecule has 13 heteroatoms. The molecule has 3 aliphatic heterocycles. The van der Waals surface area contributed by atoms with Crippen molar-refractivity contribution < 1.29 is 13.2 Å². The number of nitrogens with zero attached hydrogens (tertiary/aromatic N) is 8. The number of pyridine rings is 1. The summed E-state index contributed by atoms with van der Waals surface area (Å²) in [5.74, 6) is -4.56. The van der Waals surface area contributed by atoms with E-state index in [1.54, 1.807) is 29.2 Å². The standard InChI is InChI=1S/C33H36F3N9O/c1-20-24-6-5-7-26(28(24)34)33(35,36)22-8-14-43(15-9-22)17-23-18-44(42-41-23)12-3-4-13-45-30-25(29(38-20)39-21(2)40-30)16-27(31(45)46)32(19-37)10-11-32/h5-7,16,18,20,22H,3-4,8-15,17H2,1-2H3,(H,38,39,40)/t20-/m1/s1. The van der Waals surface area contributed by atoms with E-state index in [1.165, 1.54) is 18.2 Å². The molecule has 0 amide bonds. The maximum absolute atomic E-state index is 16.1. The molecule has 4 aromatic rings. The van der Waals surface area contributed by atoms with Crippen molar-refractivity contribution in [3.05, 3.63) is 74.8 Å². The van der Waals surface area contributed by atoms with Gasteiger partial charge < -0.3 is 5.32 Å². The fourth-order valence-corrected chi connectivity index (χ4v) is 6.97. The molecule has 0 unspecified atom stereocenters. The maximum atomic E-state index is 16.1. The van der Waals surface area contributed by atoms with E-state index in [0.717, 1.165) is 5.69 Å². The second kappa shape index (κ2) is 11.5. The lowest BCUT2D eigenvalue weighted by atomic mass is 9.85. The normalized spacial score (nSPS) is 24.0. The summed E-state index contributed by atoms with van der Waals surface area (Å²) >= 11 is 0. The van der Waals surface area contributed by atoms with Gasteiger partial charge in [0, 0.05) is 42.9 Å². The van der Waals surface area contributed by atoms with E-state index in [-0.39, 0.29) is 24.0 Å². The zero-order valence-corrected chi connectivity index (χ0v) is 25.9. The number of alkyl halides is 2. The third kappa shape index (κ3) is 5.32. The van der Waals surface area contributed by atoms with Crippen molar-refractivity contribution in [1.29, 1.82) is 5.26 Å². The maximum Gasteiger partial charge on any atom is 0.278 e. The molecule has 1 N–H and O–H groups in total. The highest BCUT2D eigenvalue weighted by atomic mass is 19.3. The van der Waals surface area contributed by atoms with Gasteiger partial charge in [-0.15, -0.1) is 5.10 Å². The molecule has 1 saturated heterocycles. The largest absolute Gasteiger partial charge is 0.363 e. The van der Waals surface area contributed by atoms with Gasteiger partial charge >= 0.3 is 0 Å². The molecule has 0 spiro atoms. The lowest BCUT2D eigenvalue weighted by Crippen LogP contribution is -2.39. The number of rotatable bonds is 1. The van der Waals surface area contributed by atoms with E-state index in [1.807, 2.05) is 6.20 Å². The molecule has 2 fully saturated rings. The first-order chi connectivity index (χ1) is 22.1. The Hall–Kier alpha value is -4.31. The minimum Gasteiger partial charge on any atom is -0.363 e. The molecule has 8 rings (SSSR count). The van der Waals surface area contributed by atoms with Crippen LogP contribution in [0.4, 0.5) is 19.0 Å². The number of piperidine rings is 1. The van der Waals surface area contributed by atoms with Crippen LogP contribution in [0.5, 0.6) is 0 Å². The van der Waals surface area contributed by atoms with E-state index < -0.39 is 34.7 Å². The summed E-state index contributed by atoms with van der Waals surface area (Å²) in [6.45, 7) is 5.77. The summed E-state index contributed by atoms with van der Waals surface area (Å²) < 4.78 is 51.4. The Morgan fingerprint density at radius 1 is 1.07 bits per heavy atom. The first-order valence-electron chi connectivity index (χ1n) is 16.0. The van der Waals surface area contributed by atoms with Gasteiger partial charge in [-0.2, -0.15) is 5.26 Å². The van der Waals surface area contributed by atoms with Gasteiger partial charge in [-0.3, -0.25) is 18.9 Å². The van der Waals surface area contributed by atoms with Gasteiger partial charge in [0.15, 0.2) is 0 Å². The first-order valence-corrected chi connectivity index (χ1v) is 16.0. The molecule has 1 aliphatic carbocycles. The van der Waals surface area contributed by atoms with Crippen molar-refractivity contribution >= 4 is 16.9 Å². The second-order valence-electron chi connectivity index (χ2n) is 13.0. The summed E-state index contributed by atoms with van der Waals surface area (Å²) in [4.78, 5) is 25.2. The molecule has 1 aromatic carbocycles. The highest BCUT2D eigenvalue weighted by molar-refractivity contribution is 5.88. The number of halogens is 3. The molecule has 4 aliphatic rings. The zero-order chi connectivity index (χ0) is 32.2. The van der Waals surface area contributed by atoms with Crippen LogP contribution in [-0.4, -0.2) is 47.5 Å². The fourth-order valence-electron chi connectivity index (χ4n) is 6.97. The quantitative estimate of drug-likeness (QED) is 0.299. The molecule has 46 heavy (non-hydrogen) atoms. The first kappa shape index (κ1) is 30.3. The van der Waals surface area contributed by atoms with E-state index in [9.17, 15) is 10.1 Å². The third-order valence-electron chi connectivity index (χ3n) is 9.84. The number of aromatic nitrogens is 6. The molecule has 0 radical (unpaired) electrons. The van der Waals surface area contributed by atoms with Crippen molar-refractivity contribution in [3.63, 3.8) is 0 Å². The van der Waals surface area contributed by atoms with Gasteiger partial charge in [0.25, 0.3) is 11.5 Å². The number of hydrogen-bond acceptors (Lipinski definition) is 8. The molecular formula is C33H36F3N9O. The van der Waals surface area contributed by atoms with Crippen molar-refractivity contribution in [1.82, 2.24) is 34.4 Å². The minimum atomic E-state index is -3.36. The molecule has 3 aromatic heterocycles. The Bertz CT molecular complexity index is 1900. The number of hydrogen-bond donors (Lipinski definition) is 1. The van der Waals surface area contributed by atoms with Crippen molar-refractivity contribution in [3.8, 4) is 6.07 Å². The van der Waals surface area contributed by atoms with Crippen molar-refractivity contribution in [2.45, 2.75) is 89.4 Å². The lowest BCUT2D eigenvalue weighted by molar-refractivity contribution is -0.0886. The Kier molecular flexibility index (Phi) is 7.58. The predicted octanol–water partition coefficient (Wildman–Crippen LogP) is 5.36. The summed E-state index contributed by atoms with van der Waals surface area (Å²) in [6.07, 6.45) is 4.86. The number of anilines is 1. The van der Waals surface area contributed by atoms with Gasteiger partial charge in [0.05, 0.1) is 34.2 Å². The molecule has 1 saturated carbocycles. The summed E-state index contributed by atoms with van der Waals surface area (Å²) in [7, 11) is 0. The van der Waals surface area contributed by atoms with Crippen LogP contribution in [0.15, 0.2) is 35.3 Å². The predicted molar refractivity (Wildman–Crippen MR) is 165 cm³/mol. The molecule has 1 atom stereocenters. The summed E-state index contributed by atoms with van der Waals surface area (Å²) in [6, 6.07) is 7.43. The van der Waals surface area contributed by atoms with E-state index >= 15 is 13.2 Å². The minimum absolute atomic E-state index is 0.0912. The van der Waals surface area contributed by atoms with Crippen molar-refractivity contribution in [2.24, 2.45) is 5.92 Å². The average molecular weight is 632 g/mol. The van der Waals surface area contributed by atoms with E-state index in [2.05, 4.69) is 36.6 Å². The van der Waals surface area contributed by atoms with Crippen LogP contribution in [0.2, 0.25) is 0 Å². The van der Waals surface area contributed by atoms with Crippen LogP contribution in [-0.2, 0) is 31.0 Å². The molecule has 10 bridgehead atoms. The van der Waals surface area contributed by atoms with Gasteiger partial charge in [0.1, 0.15) is 23.1 Å². The highest BCUT2D eigenvalue weighted by Crippen LogP contribution is 2.47. The topological polar surface area (TPSA) is 118 Å². The van der Waals surface area contributed by atoms with E-state index in [0.29, 0.717) is 86.6 Å². The molecule has 240 valence electrons. The van der Waals surface area contributed by atoms with E-state index in [4.69, 9.17) is 0 Å². The average Bonchev–Trinajstić information content (AvgIpc) is 3.71. The van der Waals surface area contributed by atoms with Gasteiger partial charge in [-0.1, -0.05) is 23.4 Å². The number of nitrogens with one attached hydrogen (secondary N) is 1. The number of benzene rings is 1. The number of nitriles is 1.